The summed E-state index contributed by atoms with van der Waals surface area (Å²) in [5.41, 5.74) is 3.61. The zero-order chi connectivity index (χ0) is 14.9. The molecule has 0 saturated carbocycles. The van der Waals surface area contributed by atoms with Crippen molar-refractivity contribution in [3.63, 3.8) is 0 Å². The molecule has 2 aliphatic heterocycles. The average molecular weight is 309 g/mol. The number of hydrogen-bond donors (Lipinski definition) is 2. The molecule has 0 bridgehead atoms. The van der Waals surface area contributed by atoms with Crippen LogP contribution in [0, 0.1) is 5.92 Å². The minimum atomic E-state index is -3.36. The third kappa shape index (κ3) is 3.45. The van der Waals surface area contributed by atoms with E-state index in [0.717, 1.165) is 31.5 Å². The summed E-state index contributed by atoms with van der Waals surface area (Å²) in [4.78, 5) is 0. The number of hydrogen-bond acceptors (Lipinski definition) is 3. The Morgan fingerprint density at radius 1 is 1.33 bits per heavy atom. The lowest BCUT2D eigenvalue weighted by molar-refractivity contribution is 0.278. The Morgan fingerprint density at radius 2 is 2.14 bits per heavy atom. The van der Waals surface area contributed by atoms with Gasteiger partial charge in [0.1, 0.15) is 0 Å². The van der Waals surface area contributed by atoms with Crippen molar-refractivity contribution >= 4 is 10.2 Å². The summed E-state index contributed by atoms with van der Waals surface area (Å²) in [5, 5.41) is 3.30. The van der Waals surface area contributed by atoms with E-state index in [0.29, 0.717) is 25.6 Å². The summed E-state index contributed by atoms with van der Waals surface area (Å²) in [6.07, 6.45) is 2.07. The quantitative estimate of drug-likeness (QED) is 0.883. The van der Waals surface area contributed by atoms with E-state index in [1.807, 2.05) is 6.07 Å². The largest absolute Gasteiger partial charge is 0.309 e. The molecule has 0 radical (unpaired) electrons. The van der Waals surface area contributed by atoms with Gasteiger partial charge in [-0.1, -0.05) is 25.1 Å². The standard InChI is InChI=1S/C15H23N3O2S/c1-12-3-2-6-18(11-12)21(19,20)17-8-13-4-5-14-9-16-10-15(14)7-13/h4-5,7,12,16-17H,2-3,6,8-11H2,1H3. The molecule has 1 aromatic carbocycles. The van der Waals surface area contributed by atoms with Crippen molar-refractivity contribution < 1.29 is 8.42 Å². The number of nitrogens with one attached hydrogen (secondary N) is 2. The first-order chi connectivity index (χ1) is 10.0. The predicted molar refractivity (Wildman–Crippen MR) is 82.7 cm³/mol. The fraction of sp³-hybridized carbons (Fsp3) is 0.600. The Balaban J connectivity index is 1.63. The van der Waals surface area contributed by atoms with E-state index < -0.39 is 10.2 Å². The van der Waals surface area contributed by atoms with Gasteiger partial charge >= 0.3 is 0 Å². The lowest BCUT2D eigenvalue weighted by Crippen LogP contribution is -2.45. The second-order valence-corrected chi connectivity index (χ2v) is 7.89. The van der Waals surface area contributed by atoms with Crippen LogP contribution >= 0.6 is 0 Å². The Morgan fingerprint density at radius 3 is 2.95 bits per heavy atom. The first-order valence-electron chi connectivity index (χ1n) is 7.61. The molecule has 0 amide bonds. The third-order valence-corrected chi connectivity index (χ3v) is 5.84. The molecule has 2 aliphatic rings. The van der Waals surface area contributed by atoms with Crippen LogP contribution in [-0.2, 0) is 29.8 Å². The highest BCUT2D eigenvalue weighted by atomic mass is 32.2. The number of piperidine rings is 1. The third-order valence-electron chi connectivity index (χ3n) is 4.32. The Bertz CT molecular complexity index is 615. The van der Waals surface area contributed by atoms with Gasteiger partial charge < -0.3 is 5.32 Å². The van der Waals surface area contributed by atoms with Gasteiger partial charge in [0.15, 0.2) is 0 Å². The molecule has 21 heavy (non-hydrogen) atoms. The molecule has 5 nitrogen and oxygen atoms in total. The Kier molecular flexibility index (Phi) is 4.31. The monoisotopic (exact) mass is 309 g/mol. The maximum atomic E-state index is 12.3. The van der Waals surface area contributed by atoms with Gasteiger partial charge in [-0.2, -0.15) is 17.4 Å². The highest BCUT2D eigenvalue weighted by molar-refractivity contribution is 7.87. The molecule has 0 spiro atoms. The topological polar surface area (TPSA) is 61.4 Å². The molecule has 1 atom stereocenters. The van der Waals surface area contributed by atoms with Crippen molar-refractivity contribution in [1.29, 1.82) is 0 Å². The van der Waals surface area contributed by atoms with Crippen LogP contribution in [0.25, 0.3) is 0 Å². The summed E-state index contributed by atoms with van der Waals surface area (Å²) in [6, 6.07) is 6.19. The van der Waals surface area contributed by atoms with Crippen LogP contribution < -0.4 is 10.0 Å². The van der Waals surface area contributed by atoms with Gasteiger partial charge in [0.2, 0.25) is 0 Å². The van der Waals surface area contributed by atoms with E-state index in [2.05, 4.69) is 29.1 Å². The van der Waals surface area contributed by atoms with Crippen LogP contribution in [0.4, 0.5) is 0 Å². The summed E-state index contributed by atoms with van der Waals surface area (Å²) >= 11 is 0. The molecular formula is C15H23N3O2S. The summed E-state index contributed by atoms with van der Waals surface area (Å²) in [7, 11) is -3.36. The molecule has 2 heterocycles. The second kappa shape index (κ2) is 6.04. The number of fused-ring (bicyclic) bond motifs is 1. The van der Waals surface area contributed by atoms with E-state index in [9.17, 15) is 8.42 Å². The first kappa shape index (κ1) is 15.0. The van der Waals surface area contributed by atoms with Crippen molar-refractivity contribution in [2.75, 3.05) is 13.1 Å². The number of rotatable bonds is 4. The lowest BCUT2D eigenvalue weighted by atomic mass is 10.0. The maximum Gasteiger partial charge on any atom is 0.279 e. The molecule has 116 valence electrons. The molecular weight excluding hydrogens is 286 g/mol. The summed E-state index contributed by atoms with van der Waals surface area (Å²) in [6.45, 7) is 5.51. The Labute approximate surface area is 126 Å². The molecule has 0 aromatic heterocycles. The van der Waals surface area contributed by atoms with Crippen LogP contribution in [0.1, 0.15) is 36.5 Å². The maximum absolute atomic E-state index is 12.3. The van der Waals surface area contributed by atoms with E-state index >= 15 is 0 Å². The molecule has 1 aromatic rings. The minimum Gasteiger partial charge on any atom is -0.309 e. The highest BCUT2D eigenvalue weighted by Crippen LogP contribution is 2.19. The first-order valence-corrected chi connectivity index (χ1v) is 9.05. The summed E-state index contributed by atoms with van der Waals surface area (Å²) in [5.74, 6) is 0.446. The van der Waals surface area contributed by atoms with Crippen molar-refractivity contribution in [1.82, 2.24) is 14.3 Å². The van der Waals surface area contributed by atoms with Crippen LogP contribution in [0.5, 0.6) is 0 Å². The van der Waals surface area contributed by atoms with Crippen molar-refractivity contribution in [3.8, 4) is 0 Å². The van der Waals surface area contributed by atoms with Gasteiger partial charge in [-0.15, -0.1) is 0 Å². The van der Waals surface area contributed by atoms with Crippen LogP contribution in [0.3, 0.4) is 0 Å². The van der Waals surface area contributed by atoms with Gasteiger partial charge in [0, 0.05) is 32.7 Å². The number of benzene rings is 1. The van der Waals surface area contributed by atoms with Crippen molar-refractivity contribution in [2.24, 2.45) is 5.92 Å². The fourth-order valence-electron chi connectivity index (χ4n) is 3.09. The second-order valence-electron chi connectivity index (χ2n) is 6.14. The zero-order valence-corrected chi connectivity index (χ0v) is 13.2. The SMILES string of the molecule is CC1CCCN(S(=O)(=O)NCc2ccc3c(c2)CNC3)C1. The van der Waals surface area contributed by atoms with Gasteiger partial charge in [0.05, 0.1) is 0 Å². The molecule has 3 rings (SSSR count). The van der Waals surface area contributed by atoms with Gasteiger partial charge in [-0.3, -0.25) is 0 Å². The lowest BCUT2D eigenvalue weighted by Gasteiger charge is -2.30. The summed E-state index contributed by atoms with van der Waals surface area (Å²) < 4.78 is 29.0. The van der Waals surface area contributed by atoms with Crippen molar-refractivity contribution in [3.05, 3.63) is 34.9 Å². The van der Waals surface area contributed by atoms with Crippen LogP contribution in [0.15, 0.2) is 18.2 Å². The number of nitrogens with zero attached hydrogens (tertiary/aromatic N) is 1. The van der Waals surface area contributed by atoms with E-state index in [4.69, 9.17) is 0 Å². The van der Waals surface area contributed by atoms with E-state index in [1.165, 1.54) is 11.1 Å². The average Bonchev–Trinajstić information content (AvgIpc) is 2.93. The van der Waals surface area contributed by atoms with Gasteiger partial charge in [-0.25, -0.2) is 0 Å². The van der Waals surface area contributed by atoms with Gasteiger partial charge in [0.25, 0.3) is 10.2 Å². The molecule has 6 heteroatoms. The van der Waals surface area contributed by atoms with E-state index in [-0.39, 0.29) is 0 Å². The minimum absolute atomic E-state index is 0.362. The van der Waals surface area contributed by atoms with Crippen LogP contribution in [0.2, 0.25) is 0 Å². The molecule has 1 saturated heterocycles. The van der Waals surface area contributed by atoms with Crippen LogP contribution in [-0.4, -0.2) is 25.8 Å². The Hall–Kier alpha value is -0.950. The molecule has 2 N–H and O–H groups in total. The zero-order valence-electron chi connectivity index (χ0n) is 12.4. The molecule has 0 aliphatic carbocycles. The normalized spacial score (nSPS) is 23.2. The van der Waals surface area contributed by atoms with Gasteiger partial charge in [-0.05, 0) is 35.4 Å². The predicted octanol–water partition coefficient (Wildman–Crippen LogP) is 1.36. The molecule has 1 fully saturated rings. The smallest absolute Gasteiger partial charge is 0.279 e. The van der Waals surface area contributed by atoms with Crippen molar-refractivity contribution in [2.45, 2.75) is 39.4 Å². The highest BCUT2D eigenvalue weighted by Gasteiger charge is 2.26. The fourth-order valence-corrected chi connectivity index (χ4v) is 4.44. The van der Waals surface area contributed by atoms with E-state index in [1.54, 1.807) is 4.31 Å². The molecule has 1 unspecified atom stereocenters.